The first kappa shape index (κ1) is 12.4. The maximum absolute atomic E-state index is 6.07. The van der Waals surface area contributed by atoms with Crippen molar-refractivity contribution >= 4 is 0 Å². The predicted octanol–water partition coefficient (Wildman–Crippen LogP) is 2.74. The predicted molar refractivity (Wildman–Crippen MR) is 69.4 cm³/mol. The van der Waals surface area contributed by atoms with E-state index in [2.05, 4.69) is 23.3 Å². The third-order valence-electron chi connectivity index (χ3n) is 3.37. The van der Waals surface area contributed by atoms with Crippen molar-refractivity contribution in [3.63, 3.8) is 0 Å². The van der Waals surface area contributed by atoms with Gasteiger partial charge < -0.3 is 10.1 Å². The van der Waals surface area contributed by atoms with Crippen molar-refractivity contribution in [3.8, 4) is 5.88 Å². The lowest BCUT2D eigenvalue weighted by Gasteiger charge is -2.17. The molecule has 0 radical (unpaired) electrons. The summed E-state index contributed by atoms with van der Waals surface area (Å²) in [5, 5.41) is 3.19. The molecule has 1 aliphatic carbocycles. The van der Waals surface area contributed by atoms with Gasteiger partial charge in [0.25, 0.3) is 0 Å². The van der Waals surface area contributed by atoms with Gasteiger partial charge in [0.2, 0.25) is 5.88 Å². The van der Waals surface area contributed by atoms with Crippen molar-refractivity contribution in [1.82, 2.24) is 10.3 Å². The van der Waals surface area contributed by atoms with E-state index < -0.39 is 0 Å². The van der Waals surface area contributed by atoms with Crippen molar-refractivity contribution in [3.05, 3.63) is 22.9 Å². The van der Waals surface area contributed by atoms with Crippen LogP contribution in [0.5, 0.6) is 5.88 Å². The molecule has 3 nitrogen and oxygen atoms in total. The number of aryl methyl sites for hydroxylation is 2. The van der Waals surface area contributed by atoms with Crippen LogP contribution in [0.4, 0.5) is 0 Å². The molecule has 2 rings (SSSR count). The number of ether oxygens (including phenoxy) is 1. The van der Waals surface area contributed by atoms with Crippen molar-refractivity contribution in [2.24, 2.45) is 0 Å². The van der Waals surface area contributed by atoms with Crippen LogP contribution in [0.1, 0.15) is 42.5 Å². The molecule has 0 aliphatic heterocycles. The highest BCUT2D eigenvalue weighted by Gasteiger charge is 2.19. The van der Waals surface area contributed by atoms with Crippen LogP contribution in [0.3, 0.4) is 0 Å². The Labute approximate surface area is 104 Å². The minimum Gasteiger partial charge on any atom is -0.474 e. The molecule has 1 aromatic rings. The number of nitrogens with zero attached hydrogens (tertiary/aromatic N) is 1. The van der Waals surface area contributed by atoms with Crippen LogP contribution < -0.4 is 10.1 Å². The van der Waals surface area contributed by atoms with E-state index in [1.54, 1.807) is 0 Å². The van der Waals surface area contributed by atoms with E-state index in [4.69, 9.17) is 4.74 Å². The van der Waals surface area contributed by atoms with Gasteiger partial charge in [0.1, 0.15) is 6.10 Å². The molecule has 3 heteroatoms. The number of rotatable bonds is 4. The molecule has 0 aromatic carbocycles. The standard InChI is InChI=1S/C14H22N2O/c1-10-8-11(2)16-14(13(10)9-15-3)17-12-6-4-5-7-12/h8,12,15H,4-7,9H2,1-3H3. The molecule has 0 atom stereocenters. The highest BCUT2D eigenvalue weighted by atomic mass is 16.5. The molecule has 0 saturated heterocycles. The van der Waals surface area contributed by atoms with Gasteiger partial charge in [-0.3, -0.25) is 0 Å². The molecule has 1 aliphatic rings. The lowest BCUT2D eigenvalue weighted by Crippen LogP contribution is -2.16. The summed E-state index contributed by atoms with van der Waals surface area (Å²) in [6.07, 6.45) is 5.30. The maximum atomic E-state index is 6.07. The van der Waals surface area contributed by atoms with E-state index in [1.807, 2.05) is 14.0 Å². The van der Waals surface area contributed by atoms with Crippen molar-refractivity contribution < 1.29 is 4.74 Å². The third kappa shape index (κ3) is 2.97. The Morgan fingerprint density at radius 3 is 2.71 bits per heavy atom. The van der Waals surface area contributed by atoms with Gasteiger partial charge in [0, 0.05) is 17.8 Å². The molecule has 0 bridgehead atoms. The summed E-state index contributed by atoms with van der Waals surface area (Å²) < 4.78 is 6.07. The number of nitrogens with one attached hydrogen (secondary N) is 1. The van der Waals surface area contributed by atoms with Gasteiger partial charge in [0.05, 0.1) is 0 Å². The van der Waals surface area contributed by atoms with Gasteiger partial charge in [-0.2, -0.15) is 0 Å². The zero-order valence-corrected chi connectivity index (χ0v) is 11.0. The van der Waals surface area contributed by atoms with Gasteiger partial charge >= 0.3 is 0 Å². The summed E-state index contributed by atoms with van der Waals surface area (Å²) in [4.78, 5) is 4.55. The largest absolute Gasteiger partial charge is 0.474 e. The maximum Gasteiger partial charge on any atom is 0.218 e. The Morgan fingerprint density at radius 2 is 2.06 bits per heavy atom. The summed E-state index contributed by atoms with van der Waals surface area (Å²) in [7, 11) is 1.96. The van der Waals surface area contributed by atoms with E-state index >= 15 is 0 Å². The van der Waals surface area contributed by atoms with Gasteiger partial charge in [-0.05, 0) is 58.2 Å². The molecule has 1 aromatic heterocycles. The zero-order chi connectivity index (χ0) is 12.3. The second-order valence-corrected chi connectivity index (χ2v) is 4.92. The molecular weight excluding hydrogens is 212 g/mol. The second kappa shape index (κ2) is 5.50. The number of aromatic nitrogens is 1. The van der Waals surface area contributed by atoms with Crippen molar-refractivity contribution in [2.75, 3.05) is 7.05 Å². The van der Waals surface area contributed by atoms with Crippen LogP contribution >= 0.6 is 0 Å². The number of hydrogen-bond acceptors (Lipinski definition) is 3. The molecule has 1 N–H and O–H groups in total. The number of hydrogen-bond donors (Lipinski definition) is 1. The topological polar surface area (TPSA) is 34.2 Å². The van der Waals surface area contributed by atoms with E-state index in [1.165, 1.54) is 36.8 Å². The number of pyridine rings is 1. The third-order valence-corrected chi connectivity index (χ3v) is 3.37. The summed E-state index contributed by atoms with van der Waals surface area (Å²) in [6.45, 7) is 4.97. The molecule has 0 amide bonds. The van der Waals surface area contributed by atoms with Crippen LogP contribution in [0.25, 0.3) is 0 Å². The highest BCUT2D eigenvalue weighted by Crippen LogP contribution is 2.27. The van der Waals surface area contributed by atoms with Crippen LogP contribution in [0.15, 0.2) is 6.07 Å². The quantitative estimate of drug-likeness (QED) is 0.869. The molecule has 1 saturated carbocycles. The lowest BCUT2D eigenvalue weighted by molar-refractivity contribution is 0.198. The Hall–Kier alpha value is -1.09. The van der Waals surface area contributed by atoms with Gasteiger partial charge in [-0.1, -0.05) is 0 Å². The Kier molecular flexibility index (Phi) is 4.00. The van der Waals surface area contributed by atoms with Crippen LogP contribution in [0, 0.1) is 13.8 Å². The first-order chi connectivity index (χ1) is 8.20. The fraction of sp³-hybridized carbons (Fsp3) is 0.643. The Bertz CT molecular complexity index is 384. The minimum atomic E-state index is 0.374. The molecule has 1 fully saturated rings. The second-order valence-electron chi connectivity index (χ2n) is 4.92. The minimum absolute atomic E-state index is 0.374. The molecule has 17 heavy (non-hydrogen) atoms. The van der Waals surface area contributed by atoms with E-state index in [-0.39, 0.29) is 0 Å². The molecule has 1 heterocycles. The average molecular weight is 234 g/mol. The molecule has 94 valence electrons. The van der Waals surface area contributed by atoms with Crippen molar-refractivity contribution in [1.29, 1.82) is 0 Å². The average Bonchev–Trinajstić information content (AvgIpc) is 2.76. The van der Waals surface area contributed by atoms with E-state index in [0.29, 0.717) is 6.10 Å². The fourth-order valence-electron chi connectivity index (χ4n) is 2.48. The van der Waals surface area contributed by atoms with Crippen LogP contribution in [-0.4, -0.2) is 18.1 Å². The smallest absolute Gasteiger partial charge is 0.218 e. The Morgan fingerprint density at radius 1 is 1.35 bits per heavy atom. The lowest BCUT2D eigenvalue weighted by atomic mass is 10.1. The molecule has 0 unspecified atom stereocenters. The SMILES string of the molecule is CNCc1c(C)cc(C)nc1OC1CCCC1. The molecular formula is C14H22N2O. The summed E-state index contributed by atoms with van der Waals surface area (Å²) in [5.74, 6) is 0.837. The van der Waals surface area contributed by atoms with E-state index in [9.17, 15) is 0 Å². The zero-order valence-electron chi connectivity index (χ0n) is 11.0. The van der Waals surface area contributed by atoms with E-state index in [0.717, 1.165) is 18.1 Å². The highest BCUT2D eigenvalue weighted by molar-refractivity contribution is 5.36. The summed E-state index contributed by atoms with van der Waals surface area (Å²) in [6, 6.07) is 2.12. The van der Waals surface area contributed by atoms with Crippen LogP contribution in [0.2, 0.25) is 0 Å². The fourth-order valence-corrected chi connectivity index (χ4v) is 2.48. The molecule has 0 spiro atoms. The van der Waals surface area contributed by atoms with Gasteiger partial charge in [-0.25, -0.2) is 4.98 Å². The summed E-state index contributed by atoms with van der Waals surface area (Å²) in [5.41, 5.74) is 3.50. The Balaban J connectivity index is 2.22. The normalized spacial score (nSPS) is 16.4. The van der Waals surface area contributed by atoms with Crippen molar-refractivity contribution in [2.45, 2.75) is 52.2 Å². The van der Waals surface area contributed by atoms with Crippen LogP contribution in [-0.2, 0) is 6.54 Å². The summed E-state index contributed by atoms with van der Waals surface area (Å²) >= 11 is 0. The monoisotopic (exact) mass is 234 g/mol. The first-order valence-corrected chi connectivity index (χ1v) is 6.49. The first-order valence-electron chi connectivity index (χ1n) is 6.49. The van der Waals surface area contributed by atoms with Gasteiger partial charge in [-0.15, -0.1) is 0 Å². The van der Waals surface area contributed by atoms with Gasteiger partial charge in [0.15, 0.2) is 0 Å².